The number of aromatic hydroxyl groups is 1. The molecule has 4 rings (SSSR count). The molecule has 28 heavy (non-hydrogen) atoms. The molecule has 0 bridgehead atoms. The van der Waals surface area contributed by atoms with Crippen molar-refractivity contribution in [1.82, 2.24) is 10.6 Å². The Morgan fingerprint density at radius 1 is 0.893 bits per heavy atom. The van der Waals surface area contributed by atoms with Gasteiger partial charge in [-0.2, -0.15) is 0 Å². The lowest BCUT2D eigenvalue weighted by Gasteiger charge is -2.33. The maximum atomic E-state index is 10.4. The summed E-state index contributed by atoms with van der Waals surface area (Å²) in [5.74, 6) is 0.252. The van der Waals surface area contributed by atoms with E-state index in [-0.39, 0.29) is 18.0 Å². The molecule has 0 saturated carbocycles. The second kappa shape index (κ2) is 7.88. The number of halogens is 2. The Morgan fingerprint density at radius 2 is 1.64 bits per heavy atom. The van der Waals surface area contributed by atoms with Crippen molar-refractivity contribution in [1.29, 1.82) is 0 Å². The Kier molecular flexibility index (Phi) is 5.31. The van der Waals surface area contributed by atoms with Crippen molar-refractivity contribution in [3.05, 3.63) is 105 Å². The van der Waals surface area contributed by atoms with Crippen LogP contribution in [0.4, 0.5) is 0 Å². The van der Waals surface area contributed by atoms with E-state index in [0.717, 1.165) is 22.4 Å². The summed E-state index contributed by atoms with van der Waals surface area (Å²) < 4.78 is 0. The van der Waals surface area contributed by atoms with Crippen LogP contribution in [0.25, 0.3) is 5.70 Å². The lowest BCUT2D eigenvalue weighted by Crippen LogP contribution is -2.39. The predicted molar refractivity (Wildman–Crippen MR) is 115 cm³/mol. The van der Waals surface area contributed by atoms with Crippen LogP contribution >= 0.6 is 23.2 Å². The first-order chi connectivity index (χ1) is 13.5. The zero-order valence-electron chi connectivity index (χ0n) is 15.3. The van der Waals surface area contributed by atoms with E-state index in [1.807, 2.05) is 30.3 Å². The van der Waals surface area contributed by atoms with Crippen LogP contribution in [0.2, 0.25) is 10.0 Å². The number of benzene rings is 3. The fourth-order valence-corrected chi connectivity index (χ4v) is 3.90. The van der Waals surface area contributed by atoms with Gasteiger partial charge in [0, 0.05) is 26.9 Å². The van der Waals surface area contributed by atoms with E-state index >= 15 is 0 Å². The summed E-state index contributed by atoms with van der Waals surface area (Å²) in [6.07, 6.45) is 1.84. The van der Waals surface area contributed by atoms with Crippen LogP contribution in [-0.2, 0) is 0 Å². The third-order valence-corrected chi connectivity index (χ3v) is 5.45. The molecule has 1 heterocycles. The monoisotopic (exact) mass is 410 g/mol. The Balaban J connectivity index is 1.77. The first kappa shape index (κ1) is 18.9. The lowest BCUT2D eigenvalue weighted by molar-refractivity contribution is 0.419. The number of phenols is 1. The van der Waals surface area contributed by atoms with Crippen molar-refractivity contribution in [2.24, 2.45) is 0 Å². The Bertz CT molecular complexity index is 1030. The van der Waals surface area contributed by atoms with Crippen molar-refractivity contribution >= 4 is 28.9 Å². The third kappa shape index (κ3) is 3.88. The number of rotatable bonds is 3. The number of nitrogens with one attached hydrogen (secondary N) is 2. The summed E-state index contributed by atoms with van der Waals surface area (Å²) in [7, 11) is 0. The molecule has 1 aliphatic rings. The molecule has 3 nitrogen and oxygen atoms in total. The molecule has 0 radical (unpaired) electrons. The molecule has 1 aliphatic heterocycles. The van der Waals surface area contributed by atoms with Crippen LogP contribution in [0.1, 0.15) is 34.5 Å². The van der Waals surface area contributed by atoms with Crippen LogP contribution in [0.5, 0.6) is 5.75 Å². The predicted octanol–water partition coefficient (Wildman–Crippen LogP) is 5.98. The van der Waals surface area contributed by atoms with Crippen LogP contribution in [-0.4, -0.2) is 5.11 Å². The maximum absolute atomic E-state index is 10.4. The highest BCUT2D eigenvalue weighted by molar-refractivity contribution is 6.35. The first-order valence-electron chi connectivity index (χ1n) is 9.05. The number of hydrogen-bond acceptors (Lipinski definition) is 3. The highest BCUT2D eigenvalue weighted by atomic mass is 35.5. The largest absolute Gasteiger partial charge is 0.508 e. The van der Waals surface area contributed by atoms with Gasteiger partial charge in [-0.3, -0.25) is 5.32 Å². The Hall–Kier alpha value is -2.46. The normalized spacial score (nSPS) is 19.0. The van der Waals surface area contributed by atoms with Crippen LogP contribution < -0.4 is 10.6 Å². The molecular formula is C23H20Cl2N2O. The Morgan fingerprint density at radius 3 is 2.36 bits per heavy atom. The van der Waals surface area contributed by atoms with Gasteiger partial charge in [0.1, 0.15) is 11.9 Å². The fraction of sp³-hybridized carbons (Fsp3) is 0.130. The maximum Gasteiger partial charge on any atom is 0.120 e. The van der Waals surface area contributed by atoms with Gasteiger partial charge in [-0.1, -0.05) is 77.3 Å². The molecule has 3 aromatic rings. The zero-order valence-corrected chi connectivity index (χ0v) is 16.8. The number of para-hydroxylation sites is 1. The van der Waals surface area contributed by atoms with E-state index in [9.17, 15) is 5.11 Å². The van der Waals surface area contributed by atoms with Gasteiger partial charge in [0.25, 0.3) is 0 Å². The molecule has 5 heteroatoms. The minimum Gasteiger partial charge on any atom is -0.508 e. The van der Waals surface area contributed by atoms with E-state index in [1.165, 1.54) is 5.56 Å². The molecule has 0 amide bonds. The summed E-state index contributed by atoms with van der Waals surface area (Å²) >= 11 is 12.5. The summed E-state index contributed by atoms with van der Waals surface area (Å²) in [6.45, 7) is 2.06. The van der Waals surface area contributed by atoms with Crippen molar-refractivity contribution in [2.75, 3.05) is 0 Å². The fourth-order valence-electron chi connectivity index (χ4n) is 3.39. The van der Waals surface area contributed by atoms with Crippen molar-refractivity contribution < 1.29 is 5.11 Å². The molecule has 3 aromatic carbocycles. The van der Waals surface area contributed by atoms with Gasteiger partial charge >= 0.3 is 0 Å². The summed E-state index contributed by atoms with van der Waals surface area (Å²) in [4.78, 5) is 0. The lowest BCUT2D eigenvalue weighted by atomic mass is 9.97. The van der Waals surface area contributed by atoms with E-state index in [4.69, 9.17) is 23.2 Å². The van der Waals surface area contributed by atoms with Crippen molar-refractivity contribution in [2.45, 2.75) is 19.1 Å². The molecule has 0 saturated heterocycles. The Labute approximate surface area is 174 Å². The summed E-state index contributed by atoms with van der Waals surface area (Å²) in [5.41, 5.74) is 4.95. The molecule has 2 unspecified atom stereocenters. The van der Waals surface area contributed by atoms with Crippen LogP contribution in [0.15, 0.2) is 72.8 Å². The quantitative estimate of drug-likeness (QED) is 0.497. The van der Waals surface area contributed by atoms with Crippen LogP contribution in [0, 0.1) is 6.92 Å². The molecule has 0 spiro atoms. The van der Waals surface area contributed by atoms with Gasteiger partial charge in [-0.25, -0.2) is 0 Å². The molecule has 0 fully saturated rings. The number of hydrogen-bond donors (Lipinski definition) is 3. The van der Waals surface area contributed by atoms with Gasteiger partial charge < -0.3 is 10.4 Å². The average Bonchev–Trinajstić information content (AvgIpc) is 2.68. The average molecular weight is 411 g/mol. The second-order valence-corrected chi connectivity index (χ2v) is 7.74. The molecule has 2 atom stereocenters. The second-order valence-electron chi connectivity index (χ2n) is 6.89. The SMILES string of the molecule is Cc1ccc(C2=CC(c3ccccc3O)NC(c3ccc(Cl)cc3Cl)N2)cc1. The highest BCUT2D eigenvalue weighted by Crippen LogP contribution is 2.35. The molecule has 0 aliphatic carbocycles. The van der Waals surface area contributed by atoms with Gasteiger partial charge in [-0.15, -0.1) is 0 Å². The van der Waals surface area contributed by atoms with Crippen molar-refractivity contribution in [3.63, 3.8) is 0 Å². The minimum absolute atomic E-state index is 0.185. The summed E-state index contributed by atoms with van der Waals surface area (Å²) in [5, 5.41) is 18.6. The molecule has 3 N–H and O–H groups in total. The van der Waals surface area contributed by atoms with Gasteiger partial charge in [0.05, 0.1) is 6.04 Å². The van der Waals surface area contributed by atoms with E-state index in [1.54, 1.807) is 12.1 Å². The standard InChI is InChI=1S/C23H20Cl2N2O/c1-14-6-8-15(9-7-14)20-13-21(18-4-2-3-5-22(18)28)27-23(26-20)17-11-10-16(24)12-19(17)25/h2-13,21,23,26-28H,1H3. The zero-order chi connectivity index (χ0) is 19.7. The van der Waals surface area contributed by atoms with Gasteiger partial charge in [0.2, 0.25) is 0 Å². The molecule has 0 aromatic heterocycles. The van der Waals surface area contributed by atoms with Crippen LogP contribution in [0.3, 0.4) is 0 Å². The van der Waals surface area contributed by atoms with Gasteiger partial charge in [-0.05, 0) is 36.8 Å². The number of phenolic OH excluding ortho intramolecular Hbond substituents is 1. The minimum atomic E-state index is -0.240. The number of aryl methyl sites for hydroxylation is 1. The van der Waals surface area contributed by atoms with Gasteiger partial charge in [0.15, 0.2) is 0 Å². The smallest absolute Gasteiger partial charge is 0.120 e. The van der Waals surface area contributed by atoms with E-state index in [0.29, 0.717) is 10.0 Å². The van der Waals surface area contributed by atoms with Crippen molar-refractivity contribution in [3.8, 4) is 5.75 Å². The molecule has 142 valence electrons. The van der Waals surface area contributed by atoms with E-state index in [2.05, 4.69) is 47.9 Å². The topological polar surface area (TPSA) is 44.3 Å². The summed E-state index contributed by atoms with van der Waals surface area (Å²) in [6, 6.07) is 21.0. The third-order valence-electron chi connectivity index (χ3n) is 4.89. The highest BCUT2D eigenvalue weighted by Gasteiger charge is 2.26. The molecular weight excluding hydrogens is 391 g/mol. The van der Waals surface area contributed by atoms with E-state index < -0.39 is 0 Å². The first-order valence-corrected chi connectivity index (χ1v) is 9.81.